The minimum atomic E-state index is -4.30. The second kappa shape index (κ2) is 5.55. The van der Waals surface area contributed by atoms with Gasteiger partial charge in [0.25, 0.3) is 5.56 Å². The molecular formula is C10H12F4N2O3. The van der Waals surface area contributed by atoms with Gasteiger partial charge in [-0.2, -0.15) is 8.78 Å². The van der Waals surface area contributed by atoms with Crippen LogP contribution in [0.5, 0.6) is 0 Å². The van der Waals surface area contributed by atoms with Crippen LogP contribution in [-0.4, -0.2) is 28.5 Å². The first-order valence-electron chi connectivity index (χ1n) is 5.25. The molecule has 0 saturated heterocycles. The van der Waals surface area contributed by atoms with Gasteiger partial charge < -0.3 is 4.74 Å². The molecule has 0 aromatic carbocycles. The molecule has 0 fully saturated rings. The van der Waals surface area contributed by atoms with Gasteiger partial charge in [0, 0.05) is 11.8 Å². The van der Waals surface area contributed by atoms with E-state index in [1.165, 1.54) is 13.8 Å². The van der Waals surface area contributed by atoms with Crippen molar-refractivity contribution in [3.8, 4) is 0 Å². The van der Waals surface area contributed by atoms with Crippen molar-refractivity contribution in [2.24, 2.45) is 0 Å². The van der Waals surface area contributed by atoms with Crippen molar-refractivity contribution < 1.29 is 22.3 Å². The number of aromatic amines is 1. The van der Waals surface area contributed by atoms with Crippen LogP contribution in [0.2, 0.25) is 0 Å². The number of aromatic nitrogens is 2. The number of H-pyrrole nitrogens is 1. The van der Waals surface area contributed by atoms with Gasteiger partial charge in [-0.15, -0.1) is 0 Å². The van der Waals surface area contributed by atoms with Crippen LogP contribution in [0.25, 0.3) is 0 Å². The summed E-state index contributed by atoms with van der Waals surface area (Å²) in [6.45, 7) is 1.09. The molecule has 0 aliphatic heterocycles. The zero-order chi connectivity index (χ0) is 14.8. The first-order valence-corrected chi connectivity index (χ1v) is 5.25. The predicted octanol–water partition coefficient (Wildman–Crippen LogP) is 1.28. The first kappa shape index (κ1) is 15.4. The Balaban J connectivity index is 2.85. The van der Waals surface area contributed by atoms with Crippen LogP contribution in [0.15, 0.2) is 15.8 Å². The van der Waals surface area contributed by atoms with E-state index in [1.54, 1.807) is 0 Å². The molecule has 0 aliphatic carbocycles. The molecule has 0 saturated carbocycles. The fourth-order valence-electron chi connectivity index (χ4n) is 1.23. The largest absolute Gasteiger partial charge is 0.352 e. The Morgan fingerprint density at radius 2 is 2.00 bits per heavy atom. The van der Waals surface area contributed by atoms with Crippen LogP contribution in [0.4, 0.5) is 17.6 Å². The van der Waals surface area contributed by atoms with E-state index < -0.39 is 36.4 Å². The molecule has 108 valence electrons. The normalized spacial score (nSPS) is 13.8. The summed E-state index contributed by atoms with van der Waals surface area (Å²) in [7, 11) is 0. The van der Waals surface area contributed by atoms with E-state index in [2.05, 4.69) is 4.74 Å². The van der Waals surface area contributed by atoms with Crippen molar-refractivity contribution in [2.75, 3.05) is 6.61 Å². The van der Waals surface area contributed by atoms with Crippen molar-refractivity contribution in [3.63, 3.8) is 0 Å². The monoisotopic (exact) mass is 284 g/mol. The lowest BCUT2D eigenvalue weighted by atomic mass is 10.3. The highest BCUT2D eigenvalue weighted by Gasteiger charge is 2.41. The maximum Gasteiger partial charge on any atom is 0.330 e. The lowest BCUT2D eigenvalue weighted by molar-refractivity contribution is -0.182. The van der Waals surface area contributed by atoms with Gasteiger partial charge in [0.2, 0.25) is 0 Å². The standard InChI is InChI=1S/C10H12F4N2O3/c1-5-3-16(9(18)15-7(5)17)6(2)19-4-10(13,14)8(11)12/h3,6,8H,4H2,1-2H3,(H,15,17,18)/t6-/m0/s1. The van der Waals surface area contributed by atoms with Crippen LogP contribution in [0, 0.1) is 6.92 Å². The lowest BCUT2D eigenvalue weighted by Gasteiger charge is -2.20. The Bertz CT molecular complexity index is 552. The molecule has 0 spiro atoms. The average Bonchev–Trinajstić information content (AvgIpc) is 2.30. The highest BCUT2D eigenvalue weighted by atomic mass is 19.3. The Morgan fingerprint density at radius 1 is 1.42 bits per heavy atom. The quantitative estimate of drug-likeness (QED) is 0.828. The average molecular weight is 284 g/mol. The summed E-state index contributed by atoms with van der Waals surface area (Å²) in [4.78, 5) is 24.4. The van der Waals surface area contributed by atoms with Crippen molar-refractivity contribution in [1.82, 2.24) is 9.55 Å². The van der Waals surface area contributed by atoms with Crippen molar-refractivity contribution in [3.05, 3.63) is 32.6 Å². The van der Waals surface area contributed by atoms with E-state index in [0.717, 1.165) is 10.8 Å². The minimum absolute atomic E-state index is 0.163. The van der Waals surface area contributed by atoms with Gasteiger partial charge in [0.1, 0.15) is 12.8 Å². The van der Waals surface area contributed by atoms with Crippen LogP contribution in [0.1, 0.15) is 18.7 Å². The fraction of sp³-hybridized carbons (Fsp3) is 0.600. The van der Waals surface area contributed by atoms with E-state index in [4.69, 9.17) is 0 Å². The molecule has 1 aromatic heterocycles. The summed E-state index contributed by atoms with van der Waals surface area (Å²) in [6, 6.07) is 0. The molecule has 1 atom stereocenters. The summed E-state index contributed by atoms with van der Waals surface area (Å²) < 4.78 is 54.5. The summed E-state index contributed by atoms with van der Waals surface area (Å²) in [6.07, 6.45) is -3.96. The van der Waals surface area contributed by atoms with Gasteiger partial charge in [0.15, 0.2) is 0 Å². The second-order valence-corrected chi connectivity index (χ2v) is 3.95. The Morgan fingerprint density at radius 3 is 2.53 bits per heavy atom. The number of nitrogens with one attached hydrogen (secondary N) is 1. The third-order valence-electron chi connectivity index (χ3n) is 2.37. The number of rotatable bonds is 5. The molecule has 0 radical (unpaired) electrons. The number of hydrogen-bond acceptors (Lipinski definition) is 3. The molecule has 0 bridgehead atoms. The van der Waals surface area contributed by atoms with Gasteiger partial charge >= 0.3 is 18.0 Å². The number of alkyl halides is 4. The van der Waals surface area contributed by atoms with Gasteiger partial charge in [-0.05, 0) is 13.8 Å². The number of hydrogen-bond donors (Lipinski definition) is 1. The van der Waals surface area contributed by atoms with E-state index in [0.29, 0.717) is 0 Å². The lowest BCUT2D eigenvalue weighted by Crippen LogP contribution is -2.37. The van der Waals surface area contributed by atoms with Crippen molar-refractivity contribution in [1.29, 1.82) is 0 Å². The first-order chi connectivity index (χ1) is 8.65. The summed E-state index contributed by atoms with van der Waals surface area (Å²) in [5.74, 6) is -4.30. The predicted molar refractivity (Wildman–Crippen MR) is 57.7 cm³/mol. The van der Waals surface area contributed by atoms with Crippen LogP contribution >= 0.6 is 0 Å². The molecular weight excluding hydrogens is 272 g/mol. The third-order valence-corrected chi connectivity index (χ3v) is 2.37. The van der Waals surface area contributed by atoms with E-state index in [-0.39, 0.29) is 5.56 Å². The van der Waals surface area contributed by atoms with Crippen LogP contribution in [-0.2, 0) is 4.74 Å². The number of aryl methyl sites for hydroxylation is 1. The molecule has 1 N–H and O–H groups in total. The molecule has 1 aromatic rings. The molecule has 19 heavy (non-hydrogen) atoms. The molecule has 1 rings (SSSR count). The van der Waals surface area contributed by atoms with Crippen LogP contribution in [0.3, 0.4) is 0 Å². The smallest absolute Gasteiger partial charge is 0.330 e. The Kier molecular flexibility index (Phi) is 4.51. The molecule has 9 heteroatoms. The number of ether oxygens (including phenoxy) is 1. The summed E-state index contributed by atoms with van der Waals surface area (Å²) in [5.41, 5.74) is -1.33. The van der Waals surface area contributed by atoms with Gasteiger partial charge in [-0.1, -0.05) is 0 Å². The van der Waals surface area contributed by atoms with Gasteiger partial charge in [-0.3, -0.25) is 14.3 Å². The van der Waals surface area contributed by atoms with Crippen molar-refractivity contribution >= 4 is 0 Å². The van der Waals surface area contributed by atoms with E-state index >= 15 is 0 Å². The maximum absolute atomic E-state index is 12.6. The highest BCUT2D eigenvalue weighted by Crippen LogP contribution is 2.24. The van der Waals surface area contributed by atoms with Gasteiger partial charge in [-0.25, -0.2) is 13.6 Å². The third kappa shape index (κ3) is 3.66. The Hall–Kier alpha value is -1.64. The summed E-state index contributed by atoms with van der Waals surface area (Å²) >= 11 is 0. The molecule has 1 heterocycles. The molecule has 0 aliphatic rings. The van der Waals surface area contributed by atoms with Gasteiger partial charge in [0.05, 0.1) is 0 Å². The fourth-order valence-corrected chi connectivity index (χ4v) is 1.23. The summed E-state index contributed by atoms with van der Waals surface area (Å²) in [5, 5.41) is 0. The number of nitrogens with zero attached hydrogens (tertiary/aromatic N) is 1. The highest BCUT2D eigenvalue weighted by molar-refractivity contribution is 5.01. The molecule has 0 unspecified atom stereocenters. The second-order valence-electron chi connectivity index (χ2n) is 3.95. The van der Waals surface area contributed by atoms with Crippen molar-refractivity contribution in [2.45, 2.75) is 32.4 Å². The van der Waals surface area contributed by atoms with E-state index in [1.807, 2.05) is 4.98 Å². The topological polar surface area (TPSA) is 64.1 Å². The van der Waals surface area contributed by atoms with E-state index in [9.17, 15) is 27.2 Å². The molecule has 0 amide bonds. The molecule has 5 nitrogen and oxygen atoms in total. The number of halogens is 4. The zero-order valence-electron chi connectivity index (χ0n) is 10.1. The van der Waals surface area contributed by atoms with Crippen LogP contribution < -0.4 is 11.2 Å². The Labute approximate surface area is 104 Å². The minimum Gasteiger partial charge on any atom is -0.352 e. The SMILES string of the molecule is Cc1cn([C@H](C)OCC(F)(F)C(F)F)c(=O)[nH]c1=O. The maximum atomic E-state index is 12.6. The zero-order valence-corrected chi connectivity index (χ0v) is 10.1.